The van der Waals surface area contributed by atoms with Crippen molar-refractivity contribution in [3.63, 3.8) is 0 Å². The number of anilines is 1. The van der Waals surface area contributed by atoms with E-state index in [2.05, 4.69) is 35.8 Å². The highest BCUT2D eigenvalue weighted by Gasteiger charge is 2.24. The molecule has 3 rings (SSSR count). The Bertz CT molecular complexity index is 999. The molecule has 0 aliphatic rings. The van der Waals surface area contributed by atoms with E-state index in [1.54, 1.807) is 13.2 Å². The molecule has 0 spiro atoms. The zero-order valence-electron chi connectivity index (χ0n) is 11.9. The SMILES string of the molecule is COc1cc(Cl)cn2nc(S(=O)(=O)Nc3nn(C)cc3Br)nc12. The predicted molar refractivity (Wildman–Crippen MR) is 86.3 cm³/mol. The van der Waals surface area contributed by atoms with Crippen molar-refractivity contribution in [2.45, 2.75) is 5.16 Å². The Hall–Kier alpha value is -1.85. The lowest BCUT2D eigenvalue weighted by molar-refractivity contribution is 0.416. The molecular weight excluding hydrogens is 412 g/mol. The lowest BCUT2D eigenvalue weighted by Crippen LogP contribution is -2.15. The third-order valence-corrected chi connectivity index (χ3v) is 4.73. The molecule has 0 fully saturated rings. The van der Waals surface area contributed by atoms with Crippen molar-refractivity contribution in [1.29, 1.82) is 0 Å². The summed E-state index contributed by atoms with van der Waals surface area (Å²) in [5.74, 6) is 0.446. The summed E-state index contributed by atoms with van der Waals surface area (Å²) in [5.41, 5.74) is 0.234. The van der Waals surface area contributed by atoms with Crippen LogP contribution in [0.1, 0.15) is 0 Å². The van der Waals surface area contributed by atoms with Gasteiger partial charge in [0.2, 0.25) is 0 Å². The molecule has 0 amide bonds. The Labute approximate surface area is 144 Å². The van der Waals surface area contributed by atoms with Crippen LogP contribution in [0.2, 0.25) is 5.02 Å². The molecule has 12 heteroatoms. The van der Waals surface area contributed by atoms with Gasteiger partial charge in [0.15, 0.2) is 17.2 Å². The number of hydrogen-bond donors (Lipinski definition) is 1. The van der Waals surface area contributed by atoms with Crippen molar-refractivity contribution in [3.05, 3.63) is 28.0 Å². The molecule has 0 bridgehead atoms. The number of rotatable bonds is 4. The summed E-state index contributed by atoms with van der Waals surface area (Å²) in [6, 6.07) is 1.52. The third kappa shape index (κ3) is 2.99. The molecule has 0 aromatic carbocycles. The summed E-state index contributed by atoms with van der Waals surface area (Å²) in [6.07, 6.45) is 3.04. The van der Waals surface area contributed by atoms with Gasteiger partial charge in [0.1, 0.15) is 0 Å². The van der Waals surface area contributed by atoms with Gasteiger partial charge in [-0.1, -0.05) is 11.6 Å². The maximum Gasteiger partial charge on any atom is 0.300 e. The fourth-order valence-corrected chi connectivity index (χ4v) is 3.57. The molecule has 0 saturated heterocycles. The highest BCUT2D eigenvalue weighted by molar-refractivity contribution is 9.10. The van der Waals surface area contributed by atoms with Crippen LogP contribution < -0.4 is 9.46 Å². The lowest BCUT2D eigenvalue weighted by atomic mass is 10.4. The first-order chi connectivity index (χ1) is 10.8. The molecule has 0 saturated carbocycles. The van der Waals surface area contributed by atoms with Crippen molar-refractivity contribution in [2.24, 2.45) is 7.05 Å². The summed E-state index contributed by atoms with van der Waals surface area (Å²) >= 11 is 9.14. The first-order valence-electron chi connectivity index (χ1n) is 6.12. The van der Waals surface area contributed by atoms with Gasteiger partial charge in [0, 0.05) is 25.5 Å². The fourth-order valence-electron chi connectivity index (χ4n) is 1.87. The van der Waals surface area contributed by atoms with Crippen LogP contribution in [0, 0.1) is 0 Å². The zero-order chi connectivity index (χ0) is 16.8. The van der Waals surface area contributed by atoms with Gasteiger partial charge in [0.05, 0.1) is 16.6 Å². The second-order valence-electron chi connectivity index (χ2n) is 4.49. The summed E-state index contributed by atoms with van der Waals surface area (Å²) in [4.78, 5) is 4.00. The van der Waals surface area contributed by atoms with E-state index in [0.29, 0.717) is 15.2 Å². The number of aromatic nitrogens is 5. The van der Waals surface area contributed by atoms with E-state index in [1.165, 1.54) is 28.6 Å². The standard InChI is InChI=1S/C11H10BrClN6O3S/c1-18-5-7(12)9(15-18)17-23(20,21)11-14-10-8(22-2)3-6(13)4-19(10)16-11/h3-5H,1-2H3,(H,15,17). The van der Waals surface area contributed by atoms with Crippen molar-refractivity contribution in [3.8, 4) is 5.75 Å². The highest BCUT2D eigenvalue weighted by atomic mass is 79.9. The van der Waals surface area contributed by atoms with Crippen molar-refractivity contribution < 1.29 is 13.2 Å². The van der Waals surface area contributed by atoms with E-state index in [1.807, 2.05) is 0 Å². The number of ether oxygens (including phenoxy) is 1. The van der Waals surface area contributed by atoms with Crippen LogP contribution >= 0.6 is 27.5 Å². The number of sulfonamides is 1. The van der Waals surface area contributed by atoms with Crippen molar-refractivity contribution >= 4 is 49.0 Å². The average Bonchev–Trinajstić information content (AvgIpc) is 3.01. The van der Waals surface area contributed by atoms with Gasteiger partial charge in [-0.25, -0.2) is 4.52 Å². The second-order valence-corrected chi connectivity index (χ2v) is 7.36. The second kappa shape index (κ2) is 5.65. The molecule has 3 heterocycles. The molecule has 0 unspecified atom stereocenters. The van der Waals surface area contributed by atoms with E-state index in [9.17, 15) is 8.42 Å². The molecule has 0 radical (unpaired) electrons. The summed E-state index contributed by atoms with van der Waals surface area (Å²) in [5, 5.41) is 7.84. The average molecular weight is 422 g/mol. The monoisotopic (exact) mass is 420 g/mol. The Morgan fingerprint density at radius 3 is 2.70 bits per heavy atom. The summed E-state index contributed by atoms with van der Waals surface area (Å²) in [6.45, 7) is 0. The molecule has 3 aromatic rings. The Morgan fingerprint density at radius 1 is 1.35 bits per heavy atom. The number of nitrogens with zero attached hydrogens (tertiary/aromatic N) is 5. The summed E-state index contributed by atoms with van der Waals surface area (Å²) in [7, 11) is -0.926. The van der Waals surface area contributed by atoms with Crippen LogP contribution in [0.5, 0.6) is 5.75 Å². The minimum absolute atomic E-state index is 0.136. The predicted octanol–water partition coefficient (Wildman–Crippen LogP) is 1.69. The first-order valence-corrected chi connectivity index (χ1v) is 8.77. The van der Waals surface area contributed by atoms with Crippen LogP contribution in [0.3, 0.4) is 0 Å². The number of nitrogens with one attached hydrogen (secondary N) is 1. The van der Waals surface area contributed by atoms with Crippen LogP contribution in [0.15, 0.2) is 28.1 Å². The Morgan fingerprint density at radius 2 is 2.09 bits per heavy atom. The van der Waals surface area contributed by atoms with Crippen molar-refractivity contribution in [1.82, 2.24) is 24.4 Å². The topological polar surface area (TPSA) is 103 Å². The van der Waals surface area contributed by atoms with E-state index < -0.39 is 15.2 Å². The van der Waals surface area contributed by atoms with Gasteiger partial charge in [-0.2, -0.15) is 18.5 Å². The minimum atomic E-state index is -4.02. The van der Waals surface area contributed by atoms with Gasteiger partial charge in [-0.3, -0.25) is 9.40 Å². The number of fused-ring (bicyclic) bond motifs is 1. The van der Waals surface area contributed by atoms with E-state index in [4.69, 9.17) is 16.3 Å². The number of aryl methyl sites for hydroxylation is 1. The minimum Gasteiger partial charge on any atom is -0.493 e. The Kier molecular flexibility index (Phi) is 3.94. The largest absolute Gasteiger partial charge is 0.493 e. The van der Waals surface area contributed by atoms with Crippen LogP contribution in [-0.2, 0) is 17.1 Å². The normalized spacial score (nSPS) is 11.8. The zero-order valence-corrected chi connectivity index (χ0v) is 15.0. The number of hydrogen-bond acceptors (Lipinski definition) is 6. The van der Waals surface area contributed by atoms with Gasteiger partial charge < -0.3 is 4.74 Å². The number of pyridine rings is 1. The van der Waals surface area contributed by atoms with E-state index >= 15 is 0 Å². The van der Waals surface area contributed by atoms with Crippen LogP contribution in [0.25, 0.3) is 5.65 Å². The van der Waals surface area contributed by atoms with Gasteiger partial charge >= 0.3 is 10.0 Å². The maximum absolute atomic E-state index is 12.4. The van der Waals surface area contributed by atoms with Crippen LogP contribution in [-0.4, -0.2) is 39.9 Å². The molecule has 122 valence electrons. The molecule has 0 aliphatic carbocycles. The molecular formula is C11H10BrClN6O3S. The highest BCUT2D eigenvalue weighted by Crippen LogP contribution is 2.25. The molecule has 3 aromatic heterocycles. The van der Waals surface area contributed by atoms with Crippen LogP contribution in [0.4, 0.5) is 5.82 Å². The van der Waals surface area contributed by atoms with Gasteiger partial charge in [-0.15, -0.1) is 5.10 Å². The fraction of sp³-hybridized carbons (Fsp3) is 0.182. The number of halogens is 2. The first kappa shape index (κ1) is 16.0. The maximum atomic E-state index is 12.4. The van der Waals surface area contributed by atoms with Gasteiger partial charge in [0.25, 0.3) is 5.16 Å². The molecule has 1 N–H and O–H groups in total. The summed E-state index contributed by atoms with van der Waals surface area (Å²) < 4.78 is 35.5. The molecule has 0 atom stereocenters. The smallest absolute Gasteiger partial charge is 0.300 e. The van der Waals surface area contributed by atoms with Gasteiger partial charge in [-0.05, 0) is 15.9 Å². The molecule has 9 nitrogen and oxygen atoms in total. The van der Waals surface area contributed by atoms with Crippen molar-refractivity contribution in [2.75, 3.05) is 11.8 Å². The molecule has 0 aliphatic heterocycles. The molecule has 23 heavy (non-hydrogen) atoms. The number of methoxy groups -OCH3 is 1. The van der Waals surface area contributed by atoms with E-state index in [0.717, 1.165) is 0 Å². The quantitative estimate of drug-likeness (QED) is 0.687. The lowest BCUT2D eigenvalue weighted by Gasteiger charge is -2.01. The Balaban J connectivity index is 2.06. The van der Waals surface area contributed by atoms with E-state index in [-0.39, 0.29) is 11.5 Å². The third-order valence-electron chi connectivity index (χ3n) is 2.82.